The molecule has 0 aliphatic carbocycles. The summed E-state index contributed by atoms with van der Waals surface area (Å²) in [5.74, 6) is 0. The Morgan fingerprint density at radius 1 is 0.814 bits per heavy atom. The Bertz CT molecular complexity index is 1420. The third kappa shape index (κ3) is 7.19. The topological polar surface area (TPSA) is 43.0 Å². The molecule has 1 atom stereocenters. The van der Waals surface area contributed by atoms with Crippen molar-refractivity contribution in [3.63, 3.8) is 0 Å². The molecule has 6 nitrogen and oxygen atoms in total. The van der Waals surface area contributed by atoms with Crippen LogP contribution in [-0.2, 0) is 4.52 Å². The summed E-state index contributed by atoms with van der Waals surface area (Å²) in [5.41, 5.74) is 5.77. The van der Waals surface area contributed by atoms with Crippen LogP contribution in [-0.4, -0.2) is 50.3 Å². The zero-order valence-corrected chi connectivity index (χ0v) is 27.0. The van der Waals surface area contributed by atoms with Crippen LogP contribution in [0.4, 0.5) is 17.1 Å². The number of anilines is 3. The molecule has 0 aromatic heterocycles. The third-order valence-corrected chi connectivity index (χ3v) is 12.6. The average molecular weight is 612 g/mol. The first-order chi connectivity index (χ1) is 21.0. The van der Waals surface area contributed by atoms with E-state index in [4.69, 9.17) is 16.7 Å². The van der Waals surface area contributed by atoms with Crippen molar-refractivity contribution in [3.05, 3.63) is 139 Å². The zero-order chi connectivity index (χ0) is 30.1. The minimum absolute atomic E-state index is 0.00778. The molecule has 43 heavy (non-hydrogen) atoms. The molecule has 1 unspecified atom stereocenters. The zero-order valence-electron chi connectivity index (χ0n) is 25.2. The van der Waals surface area contributed by atoms with E-state index in [1.54, 1.807) is 0 Å². The van der Waals surface area contributed by atoms with Gasteiger partial charge in [-0.2, -0.15) is 0 Å². The van der Waals surface area contributed by atoms with Crippen LogP contribution in [0.3, 0.4) is 0 Å². The van der Waals surface area contributed by atoms with Crippen molar-refractivity contribution in [2.45, 2.75) is 12.6 Å². The summed E-state index contributed by atoms with van der Waals surface area (Å²) in [5, 5.41) is 7.24. The molecule has 0 amide bonds. The summed E-state index contributed by atoms with van der Waals surface area (Å²) in [7, 11) is 1.17. The van der Waals surface area contributed by atoms with Crippen LogP contribution in [0.15, 0.2) is 133 Å². The van der Waals surface area contributed by atoms with E-state index in [0.717, 1.165) is 18.8 Å². The Morgan fingerprint density at radius 3 is 1.81 bits per heavy atom. The van der Waals surface area contributed by atoms with E-state index in [9.17, 15) is 0 Å². The SMILES string of the molecule is C/C(=C\C(c1ccccc1)[PH]1(OCCNC(=S)Nc2ccccc2)N(c2ccccc2)CCN1c1ccccc1)N(C)C. The molecule has 0 radical (unpaired) electrons. The summed E-state index contributed by atoms with van der Waals surface area (Å²) in [4.78, 5) is 2.18. The van der Waals surface area contributed by atoms with Crippen LogP contribution >= 0.6 is 20.0 Å². The van der Waals surface area contributed by atoms with Crippen LogP contribution in [0.25, 0.3) is 0 Å². The number of nitrogens with one attached hydrogen (secondary N) is 2. The molecular formula is C35H42N5OPS. The number of allylic oxidation sites excluding steroid dienone is 2. The number of hydrogen-bond acceptors (Lipinski definition) is 5. The van der Waals surface area contributed by atoms with Crippen LogP contribution in [0.2, 0.25) is 0 Å². The maximum atomic E-state index is 7.40. The molecule has 1 saturated heterocycles. The Morgan fingerprint density at radius 2 is 1.30 bits per heavy atom. The number of benzene rings is 4. The maximum absolute atomic E-state index is 7.40. The molecule has 8 heteroatoms. The van der Waals surface area contributed by atoms with Crippen LogP contribution in [0.5, 0.6) is 0 Å². The first kappa shape index (κ1) is 30.6. The van der Waals surface area contributed by atoms with E-state index in [0.29, 0.717) is 18.3 Å². The molecule has 1 heterocycles. The monoisotopic (exact) mass is 611 g/mol. The molecular weight excluding hydrogens is 569 g/mol. The molecule has 4 aromatic rings. The summed E-state index contributed by atoms with van der Waals surface area (Å²) in [6.07, 6.45) is 2.41. The van der Waals surface area contributed by atoms with Crippen molar-refractivity contribution in [1.29, 1.82) is 0 Å². The van der Waals surface area contributed by atoms with Crippen LogP contribution in [0, 0.1) is 0 Å². The van der Waals surface area contributed by atoms with E-state index in [1.807, 2.05) is 30.3 Å². The molecule has 4 aromatic carbocycles. The molecule has 0 spiro atoms. The van der Waals surface area contributed by atoms with Gasteiger partial charge in [0.25, 0.3) is 0 Å². The van der Waals surface area contributed by atoms with Crippen LogP contribution < -0.4 is 20.0 Å². The van der Waals surface area contributed by atoms with Gasteiger partial charge in [0.15, 0.2) is 0 Å². The summed E-state index contributed by atoms with van der Waals surface area (Å²) in [6.45, 7) is 4.99. The first-order valence-corrected chi connectivity index (χ1v) is 17.1. The number of para-hydroxylation sites is 3. The molecule has 0 bridgehead atoms. The van der Waals surface area contributed by atoms with Crippen molar-refractivity contribution in [2.24, 2.45) is 0 Å². The van der Waals surface area contributed by atoms with Crippen molar-refractivity contribution < 1.29 is 4.52 Å². The fourth-order valence-electron chi connectivity index (χ4n) is 5.63. The summed E-state index contributed by atoms with van der Waals surface area (Å²) < 4.78 is 12.5. The molecule has 5 rings (SSSR count). The number of nitrogens with zero attached hydrogens (tertiary/aromatic N) is 3. The van der Waals surface area contributed by atoms with E-state index in [1.165, 1.54) is 22.6 Å². The fraction of sp³-hybridized carbons (Fsp3) is 0.229. The third-order valence-electron chi connectivity index (χ3n) is 7.87. The predicted octanol–water partition coefficient (Wildman–Crippen LogP) is 7.72. The number of thiocarbonyl (C=S) groups is 1. The van der Waals surface area contributed by atoms with Gasteiger partial charge in [-0.05, 0) is 0 Å². The van der Waals surface area contributed by atoms with Crippen molar-refractivity contribution >= 4 is 42.2 Å². The van der Waals surface area contributed by atoms with Crippen LogP contribution in [0.1, 0.15) is 18.1 Å². The number of hydrogen-bond donors (Lipinski definition) is 2. The van der Waals surface area contributed by atoms with E-state index >= 15 is 0 Å². The van der Waals surface area contributed by atoms with E-state index < -0.39 is 7.79 Å². The van der Waals surface area contributed by atoms with Gasteiger partial charge in [-0.1, -0.05) is 0 Å². The second-order valence-corrected chi connectivity index (χ2v) is 14.5. The van der Waals surface area contributed by atoms with Gasteiger partial charge in [-0.25, -0.2) is 0 Å². The Labute approximate surface area is 262 Å². The Balaban J connectivity index is 1.56. The van der Waals surface area contributed by atoms with Gasteiger partial charge in [-0.3, -0.25) is 0 Å². The second-order valence-electron chi connectivity index (χ2n) is 10.8. The molecule has 2 N–H and O–H groups in total. The van der Waals surface area contributed by atoms with Crippen molar-refractivity contribution in [2.75, 3.05) is 55.0 Å². The van der Waals surface area contributed by atoms with E-state index in [-0.39, 0.29) is 5.66 Å². The second kappa shape index (κ2) is 14.5. The van der Waals surface area contributed by atoms with Gasteiger partial charge >= 0.3 is 263 Å². The standard InChI is InChI=1S/C35H42N5OPS/c1-29(38(2)3)28-34(30-16-8-4-9-17-30)42(41-27-24-36-35(43)37-31-18-10-5-11-19-31)39(32-20-12-6-13-21-32)25-26-40(42)33-22-14-7-15-23-33/h4-23,28,34,42H,24-27H2,1-3H3,(H2,36,37,43)/b29-28+. The fourth-order valence-corrected chi connectivity index (χ4v) is 10.7. The quantitative estimate of drug-likeness (QED) is 0.102. The molecule has 1 aliphatic heterocycles. The molecule has 224 valence electrons. The average Bonchev–Trinajstić information content (AvgIpc) is 3.43. The van der Waals surface area contributed by atoms with Gasteiger partial charge in [-0.15, -0.1) is 0 Å². The summed E-state index contributed by atoms with van der Waals surface area (Å²) in [6, 6.07) is 42.3. The van der Waals surface area contributed by atoms with Gasteiger partial charge in [0, 0.05) is 0 Å². The first-order valence-electron chi connectivity index (χ1n) is 14.8. The summed E-state index contributed by atoms with van der Waals surface area (Å²) >= 11 is 5.62. The van der Waals surface area contributed by atoms with Gasteiger partial charge in [0.1, 0.15) is 0 Å². The normalized spacial score (nSPS) is 15.9. The molecule has 1 aliphatic rings. The van der Waals surface area contributed by atoms with Crippen molar-refractivity contribution in [3.8, 4) is 0 Å². The minimum atomic E-state index is -3.04. The Kier molecular flexibility index (Phi) is 10.3. The predicted molar refractivity (Wildman–Crippen MR) is 189 cm³/mol. The molecule has 1 fully saturated rings. The van der Waals surface area contributed by atoms with Gasteiger partial charge in [0.05, 0.1) is 0 Å². The Hall–Kier alpha value is -3.90. The number of rotatable bonds is 11. The van der Waals surface area contributed by atoms with Crippen molar-refractivity contribution in [1.82, 2.24) is 10.2 Å². The molecule has 0 saturated carbocycles. The van der Waals surface area contributed by atoms with E-state index in [2.05, 4.69) is 143 Å². The van der Waals surface area contributed by atoms with Gasteiger partial charge in [0.2, 0.25) is 0 Å². The van der Waals surface area contributed by atoms with Gasteiger partial charge < -0.3 is 0 Å².